The Balaban J connectivity index is 2.04. The van der Waals surface area contributed by atoms with Crippen molar-refractivity contribution in [1.29, 1.82) is 0 Å². The fraction of sp³-hybridized carbons (Fsp3) is 0.0667. The smallest absolute Gasteiger partial charge is 0.134 e. The Labute approximate surface area is 124 Å². The SMILES string of the molecule is NC(c1cccc(Cl)c1)c1cc2cc(Br)ccc2o1. The van der Waals surface area contributed by atoms with Crippen molar-refractivity contribution >= 4 is 38.5 Å². The van der Waals surface area contributed by atoms with Crippen LogP contribution in [0.5, 0.6) is 0 Å². The van der Waals surface area contributed by atoms with Gasteiger partial charge in [0, 0.05) is 14.9 Å². The first kappa shape index (κ1) is 12.7. The monoisotopic (exact) mass is 335 g/mol. The number of furan rings is 1. The van der Waals surface area contributed by atoms with Gasteiger partial charge >= 0.3 is 0 Å². The van der Waals surface area contributed by atoms with Gasteiger partial charge in [-0.1, -0.05) is 39.7 Å². The summed E-state index contributed by atoms with van der Waals surface area (Å²) in [5, 5.41) is 1.70. The molecule has 2 aromatic carbocycles. The molecular formula is C15H11BrClNO. The average molecular weight is 337 g/mol. The summed E-state index contributed by atoms with van der Waals surface area (Å²) < 4.78 is 6.81. The van der Waals surface area contributed by atoms with Crippen LogP contribution in [-0.2, 0) is 0 Å². The highest BCUT2D eigenvalue weighted by Crippen LogP contribution is 2.29. The van der Waals surface area contributed by atoms with Gasteiger partial charge in [-0.05, 0) is 42.0 Å². The topological polar surface area (TPSA) is 39.2 Å². The number of rotatable bonds is 2. The molecule has 0 amide bonds. The molecule has 3 rings (SSSR count). The quantitative estimate of drug-likeness (QED) is 0.723. The van der Waals surface area contributed by atoms with Gasteiger partial charge in [-0.2, -0.15) is 0 Å². The van der Waals surface area contributed by atoms with Gasteiger partial charge in [0.15, 0.2) is 0 Å². The fourth-order valence-corrected chi connectivity index (χ4v) is 2.63. The van der Waals surface area contributed by atoms with Gasteiger partial charge in [-0.3, -0.25) is 0 Å². The minimum atomic E-state index is -0.315. The summed E-state index contributed by atoms with van der Waals surface area (Å²) >= 11 is 9.43. The van der Waals surface area contributed by atoms with Gasteiger partial charge in [-0.25, -0.2) is 0 Å². The number of hydrogen-bond acceptors (Lipinski definition) is 2. The predicted molar refractivity (Wildman–Crippen MR) is 81.4 cm³/mol. The summed E-state index contributed by atoms with van der Waals surface area (Å²) in [6.07, 6.45) is 0. The van der Waals surface area contributed by atoms with Crippen molar-refractivity contribution in [3.8, 4) is 0 Å². The van der Waals surface area contributed by atoms with Crippen LogP contribution in [0.1, 0.15) is 17.4 Å². The van der Waals surface area contributed by atoms with Crippen LogP contribution in [0.3, 0.4) is 0 Å². The van der Waals surface area contributed by atoms with Crippen LogP contribution in [-0.4, -0.2) is 0 Å². The molecule has 19 heavy (non-hydrogen) atoms. The zero-order valence-corrected chi connectivity index (χ0v) is 12.3. The lowest BCUT2D eigenvalue weighted by Crippen LogP contribution is -2.10. The molecule has 0 fully saturated rings. The Morgan fingerprint density at radius 2 is 1.95 bits per heavy atom. The number of halogens is 2. The molecule has 0 saturated carbocycles. The first-order valence-electron chi connectivity index (χ1n) is 5.83. The van der Waals surface area contributed by atoms with Crippen molar-refractivity contribution in [3.63, 3.8) is 0 Å². The molecule has 0 aliphatic heterocycles. The Hall–Kier alpha value is -1.29. The van der Waals surface area contributed by atoms with E-state index in [1.54, 1.807) is 0 Å². The van der Waals surface area contributed by atoms with E-state index in [0.29, 0.717) is 5.02 Å². The largest absolute Gasteiger partial charge is 0.459 e. The molecule has 1 heterocycles. The third kappa shape index (κ3) is 2.54. The van der Waals surface area contributed by atoms with Gasteiger partial charge in [0.1, 0.15) is 11.3 Å². The summed E-state index contributed by atoms with van der Waals surface area (Å²) in [5.74, 6) is 0.732. The molecule has 3 aromatic rings. The highest BCUT2D eigenvalue weighted by Gasteiger charge is 2.14. The second-order valence-electron chi connectivity index (χ2n) is 4.36. The third-order valence-corrected chi connectivity index (χ3v) is 3.74. The summed E-state index contributed by atoms with van der Waals surface area (Å²) in [5.41, 5.74) is 7.99. The maximum absolute atomic E-state index is 6.22. The standard InChI is InChI=1S/C15H11BrClNO/c16-11-4-5-13-10(6-11)8-14(19-13)15(18)9-2-1-3-12(17)7-9/h1-8,15H,18H2. The second kappa shape index (κ2) is 5.00. The molecule has 96 valence electrons. The normalized spacial score (nSPS) is 12.8. The van der Waals surface area contributed by atoms with E-state index in [9.17, 15) is 0 Å². The van der Waals surface area contributed by atoms with Crippen molar-refractivity contribution in [1.82, 2.24) is 0 Å². The summed E-state index contributed by atoms with van der Waals surface area (Å²) in [6.45, 7) is 0. The van der Waals surface area contributed by atoms with E-state index in [4.69, 9.17) is 21.8 Å². The van der Waals surface area contributed by atoms with Crippen LogP contribution in [0.15, 0.2) is 57.4 Å². The van der Waals surface area contributed by atoms with Gasteiger partial charge in [0.2, 0.25) is 0 Å². The molecule has 0 aliphatic rings. The molecule has 0 aliphatic carbocycles. The zero-order valence-electron chi connectivity index (χ0n) is 9.94. The third-order valence-electron chi connectivity index (χ3n) is 3.01. The molecule has 0 radical (unpaired) electrons. The van der Waals surface area contributed by atoms with E-state index >= 15 is 0 Å². The summed E-state index contributed by atoms with van der Waals surface area (Å²) in [6, 6.07) is 15.0. The summed E-state index contributed by atoms with van der Waals surface area (Å²) in [7, 11) is 0. The first-order chi connectivity index (χ1) is 9.13. The molecule has 2 N–H and O–H groups in total. The number of benzene rings is 2. The first-order valence-corrected chi connectivity index (χ1v) is 7.00. The maximum atomic E-state index is 6.22. The predicted octanol–water partition coefficient (Wildman–Crippen LogP) is 4.90. The van der Waals surface area contributed by atoms with Crippen LogP contribution < -0.4 is 5.73 Å². The van der Waals surface area contributed by atoms with E-state index < -0.39 is 0 Å². The van der Waals surface area contributed by atoms with Crippen LogP contribution in [0, 0.1) is 0 Å². The highest BCUT2D eigenvalue weighted by atomic mass is 79.9. The van der Waals surface area contributed by atoms with Crippen molar-refractivity contribution in [3.05, 3.63) is 69.3 Å². The Morgan fingerprint density at radius 1 is 1.11 bits per heavy atom. The summed E-state index contributed by atoms with van der Waals surface area (Å²) in [4.78, 5) is 0. The van der Waals surface area contributed by atoms with Crippen LogP contribution >= 0.6 is 27.5 Å². The van der Waals surface area contributed by atoms with Crippen molar-refractivity contribution in [2.75, 3.05) is 0 Å². The van der Waals surface area contributed by atoms with Crippen LogP contribution in [0.2, 0.25) is 5.02 Å². The zero-order chi connectivity index (χ0) is 13.4. The van der Waals surface area contributed by atoms with Crippen LogP contribution in [0.4, 0.5) is 0 Å². The van der Waals surface area contributed by atoms with Crippen LogP contribution in [0.25, 0.3) is 11.0 Å². The number of fused-ring (bicyclic) bond motifs is 1. The highest BCUT2D eigenvalue weighted by molar-refractivity contribution is 9.10. The Bertz CT molecular complexity index is 738. The molecule has 0 spiro atoms. The van der Waals surface area contributed by atoms with E-state index in [-0.39, 0.29) is 6.04 Å². The molecule has 1 unspecified atom stereocenters. The molecule has 1 aromatic heterocycles. The fourth-order valence-electron chi connectivity index (χ4n) is 2.05. The van der Waals surface area contributed by atoms with Crippen molar-refractivity contribution in [2.24, 2.45) is 5.73 Å². The van der Waals surface area contributed by atoms with Crippen molar-refractivity contribution in [2.45, 2.75) is 6.04 Å². The minimum Gasteiger partial charge on any atom is -0.459 e. The Kier molecular flexibility index (Phi) is 3.35. The van der Waals surface area contributed by atoms with Crippen molar-refractivity contribution < 1.29 is 4.42 Å². The molecule has 2 nitrogen and oxygen atoms in total. The molecule has 4 heteroatoms. The Morgan fingerprint density at radius 3 is 2.74 bits per heavy atom. The number of hydrogen-bond donors (Lipinski definition) is 1. The van der Waals surface area contributed by atoms with E-state index in [1.807, 2.05) is 48.5 Å². The minimum absolute atomic E-state index is 0.315. The average Bonchev–Trinajstić information content (AvgIpc) is 2.80. The lowest BCUT2D eigenvalue weighted by molar-refractivity contribution is 0.525. The lowest BCUT2D eigenvalue weighted by Gasteiger charge is -2.08. The van der Waals surface area contributed by atoms with Gasteiger partial charge in [0.25, 0.3) is 0 Å². The second-order valence-corrected chi connectivity index (χ2v) is 5.72. The molecule has 0 bridgehead atoms. The van der Waals surface area contributed by atoms with E-state index in [0.717, 1.165) is 26.8 Å². The van der Waals surface area contributed by atoms with E-state index in [1.165, 1.54) is 0 Å². The maximum Gasteiger partial charge on any atom is 0.134 e. The van der Waals surface area contributed by atoms with Gasteiger partial charge < -0.3 is 10.2 Å². The van der Waals surface area contributed by atoms with E-state index in [2.05, 4.69) is 15.9 Å². The molecule has 0 saturated heterocycles. The molecular weight excluding hydrogens is 326 g/mol. The molecule has 1 atom stereocenters. The number of nitrogens with two attached hydrogens (primary N) is 1. The lowest BCUT2D eigenvalue weighted by atomic mass is 10.1. The van der Waals surface area contributed by atoms with Gasteiger partial charge in [0.05, 0.1) is 6.04 Å². The van der Waals surface area contributed by atoms with Gasteiger partial charge in [-0.15, -0.1) is 0 Å².